The van der Waals surface area contributed by atoms with Gasteiger partial charge in [0.05, 0.1) is 17.9 Å². The maximum atomic E-state index is 12.1. The molecule has 0 atom stereocenters. The van der Waals surface area contributed by atoms with Crippen LogP contribution in [0.15, 0.2) is 18.5 Å². The van der Waals surface area contributed by atoms with Crippen molar-refractivity contribution >= 4 is 17.5 Å². The second-order valence-electron chi connectivity index (χ2n) is 7.59. The van der Waals surface area contributed by atoms with Gasteiger partial charge in [-0.2, -0.15) is 5.10 Å². The van der Waals surface area contributed by atoms with Crippen LogP contribution in [-0.2, 0) is 0 Å². The van der Waals surface area contributed by atoms with E-state index in [1.165, 1.54) is 12.8 Å². The number of likely N-dealkylation sites (N-methyl/N-ethyl adjacent to an activating group) is 1. The summed E-state index contributed by atoms with van der Waals surface area (Å²) in [6.07, 6.45) is 6.21. The van der Waals surface area contributed by atoms with Crippen molar-refractivity contribution in [3.63, 3.8) is 0 Å². The number of urea groups is 1. The molecule has 8 nitrogen and oxygen atoms in total. The standard InChI is InChI=1S/C18H23N7O/c1-12-7-16(21-17(20-12)13-3-4-13)23-9-15(10-23)25-11-14(8-19-25)24-6-5-22(2)18(24)26/h7-8,11,13,15H,3-6,9-10H2,1-2H3. The second kappa shape index (κ2) is 5.69. The summed E-state index contributed by atoms with van der Waals surface area (Å²) in [5.74, 6) is 2.59. The highest BCUT2D eigenvalue weighted by Crippen LogP contribution is 2.39. The van der Waals surface area contributed by atoms with Crippen LogP contribution in [0, 0.1) is 6.92 Å². The van der Waals surface area contributed by atoms with Gasteiger partial charge in [-0.25, -0.2) is 14.8 Å². The van der Waals surface area contributed by atoms with Gasteiger partial charge < -0.3 is 9.80 Å². The van der Waals surface area contributed by atoms with E-state index >= 15 is 0 Å². The topological polar surface area (TPSA) is 70.4 Å². The molecule has 0 bridgehead atoms. The van der Waals surface area contributed by atoms with Gasteiger partial charge in [0, 0.05) is 57.1 Å². The fourth-order valence-corrected chi connectivity index (χ4v) is 3.62. The van der Waals surface area contributed by atoms with Crippen molar-refractivity contribution in [3.8, 4) is 0 Å². The normalized spacial score (nSPS) is 20.8. The van der Waals surface area contributed by atoms with Gasteiger partial charge >= 0.3 is 6.03 Å². The Hall–Kier alpha value is -2.64. The smallest absolute Gasteiger partial charge is 0.324 e. The Labute approximate surface area is 152 Å². The number of rotatable bonds is 4. The largest absolute Gasteiger partial charge is 0.352 e. The van der Waals surface area contributed by atoms with Gasteiger partial charge in [-0.15, -0.1) is 0 Å². The molecule has 2 aromatic rings. The Balaban J connectivity index is 1.27. The molecule has 0 aromatic carbocycles. The molecule has 26 heavy (non-hydrogen) atoms. The van der Waals surface area contributed by atoms with Crippen molar-refractivity contribution in [2.45, 2.75) is 31.7 Å². The minimum absolute atomic E-state index is 0.0452. The minimum Gasteiger partial charge on any atom is -0.352 e. The molecule has 0 spiro atoms. The van der Waals surface area contributed by atoms with E-state index in [1.54, 1.807) is 16.0 Å². The van der Waals surface area contributed by atoms with Crippen LogP contribution in [0.2, 0.25) is 0 Å². The molecule has 2 aliphatic heterocycles. The van der Waals surface area contributed by atoms with Crippen molar-refractivity contribution in [1.82, 2.24) is 24.6 Å². The lowest BCUT2D eigenvalue weighted by Gasteiger charge is -2.40. The van der Waals surface area contributed by atoms with E-state index in [0.29, 0.717) is 12.0 Å². The zero-order chi connectivity index (χ0) is 17.8. The number of nitrogens with zero attached hydrogens (tertiary/aromatic N) is 7. The second-order valence-corrected chi connectivity index (χ2v) is 7.59. The molecular weight excluding hydrogens is 330 g/mol. The van der Waals surface area contributed by atoms with Gasteiger partial charge in [0.2, 0.25) is 0 Å². The van der Waals surface area contributed by atoms with Crippen LogP contribution in [0.3, 0.4) is 0 Å². The van der Waals surface area contributed by atoms with Crippen LogP contribution >= 0.6 is 0 Å². The molecule has 8 heteroatoms. The number of aromatic nitrogens is 4. The zero-order valence-corrected chi connectivity index (χ0v) is 15.2. The van der Waals surface area contributed by atoms with Crippen LogP contribution in [0.25, 0.3) is 0 Å². The fourth-order valence-electron chi connectivity index (χ4n) is 3.62. The van der Waals surface area contributed by atoms with E-state index in [0.717, 1.165) is 49.2 Å². The Morgan fingerprint density at radius 3 is 2.65 bits per heavy atom. The minimum atomic E-state index is 0.0452. The summed E-state index contributed by atoms with van der Waals surface area (Å²) in [6.45, 7) is 5.29. The Morgan fingerprint density at radius 2 is 1.96 bits per heavy atom. The summed E-state index contributed by atoms with van der Waals surface area (Å²) in [5.41, 5.74) is 1.92. The summed E-state index contributed by atoms with van der Waals surface area (Å²) in [7, 11) is 1.83. The molecule has 2 amide bonds. The lowest BCUT2D eigenvalue weighted by atomic mass is 10.1. The molecule has 0 radical (unpaired) electrons. The van der Waals surface area contributed by atoms with E-state index in [-0.39, 0.29) is 6.03 Å². The average molecular weight is 353 g/mol. The van der Waals surface area contributed by atoms with Gasteiger partial charge in [0.1, 0.15) is 11.6 Å². The van der Waals surface area contributed by atoms with E-state index < -0.39 is 0 Å². The highest BCUT2D eigenvalue weighted by Gasteiger charge is 2.33. The van der Waals surface area contributed by atoms with Crippen molar-refractivity contribution in [2.24, 2.45) is 0 Å². The molecule has 3 fully saturated rings. The van der Waals surface area contributed by atoms with Gasteiger partial charge in [-0.05, 0) is 19.8 Å². The summed E-state index contributed by atoms with van der Waals surface area (Å²) < 4.78 is 1.98. The fraction of sp³-hybridized carbons (Fsp3) is 0.556. The molecule has 2 saturated heterocycles. The van der Waals surface area contributed by atoms with Crippen LogP contribution in [0.4, 0.5) is 16.3 Å². The number of carbonyl (C=O) groups is 1. The molecule has 3 aliphatic rings. The first-order valence-electron chi connectivity index (χ1n) is 9.26. The predicted molar refractivity (Wildman–Crippen MR) is 97.6 cm³/mol. The van der Waals surface area contributed by atoms with Gasteiger partial charge in [0.15, 0.2) is 0 Å². The first-order chi connectivity index (χ1) is 12.6. The third kappa shape index (κ3) is 2.60. The molecular formula is C18H23N7O. The van der Waals surface area contributed by atoms with Gasteiger partial charge in [-0.1, -0.05) is 0 Å². The molecule has 1 aliphatic carbocycles. The molecule has 5 rings (SSSR count). The Morgan fingerprint density at radius 1 is 1.15 bits per heavy atom. The SMILES string of the molecule is Cc1cc(N2CC(n3cc(N4CCN(C)C4=O)cn3)C2)nc(C2CC2)n1. The third-order valence-corrected chi connectivity index (χ3v) is 5.48. The number of hydrogen-bond donors (Lipinski definition) is 0. The monoisotopic (exact) mass is 353 g/mol. The predicted octanol–water partition coefficient (Wildman–Crippen LogP) is 1.79. The van der Waals surface area contributed by atoms with E-state index in [4.69, 9.17) is 4.98 Å². The summed E-state index contributed by atoms with van der Waals surface area (Å²) in [4.78, 5) is 27.3. The summed E-state index contributed by atoms with van der Waals surface area (Å²) in [6, 6.07) is 2.43. The number of amides is 2. The number of anilines is 2. The average Bonchev–Trinajstić information content (AvgIpc) is 3.24. The maximum absolute atomic E-state index is 12.1. The Kier molecular flexibility index (Phi) is 3.41. The van der Waals surface area contributed by atoms with Crippen molar-refractivity contribution < 1.29 is 4.79 Å². The molecule has 2 aromatic heterocycles. The maximum Gasteiger partial charge on any atom is 0.324 e. The highest BCUT2D eigenvalue weighted by molar-refractivity contribution is 5.93. The van der Waals surface area contributed by atoms with E-state index in [2.05, 4.69) is 21.0 Å². The molecule has 0 unspecified atom stereocenters. The van der Waals surface area contributed by atoms with Gasteiger partial charge in [-0.3, -0.25) is 9.58 Å². The van der Waals surface area contributed by atoms with Crippen LogP contribution in [0.5, 0.6) is 0 Å². The third-order valence-electron chi connectivity index (χ3n) is 5.48. The van der Waals surface area contributed by atoms with Crippen molar-refractivity contribution in [2.75, 3.05) is 43.0 Å². The number of hydrogen-bond acceptors (Lipinski definition) is 5. The molecule has 1 saturated carbocycles. The number of aryl methyl sites for hydroxylation is 1. The molecule has 136 valence electrons. The van der Waals surface area contributed by atoms with Crippen LogP contribution in [-0.4, -0.2) is 63.9 Å². The summed E-state index contributed by atoms with van der Waals surface area (Å²) in [5, 5.41) is 4.49. The lowest BCUT2D eigenvalue weighted by Crippen LogP contribution is -2.48. The van der Waals surface area contributed by atoms with Gasteiger partial charge in [0.25, 0.3) is 0 Å². The zero-order valence-electron chi connectivity index (χ0n) is 15.2. The molecule has 4 heterocycles. The molecule has 0 N–H and O–H groups in total. The highest BCUT2D eigenvalue weighted by atomic mass is 16.2. The summed E-state index contributed by atoms with van der Waals surface area (Å²) >= 11 is 0. The van der Waals surface area contributed by atoms with Crippen LogP contribution in [0.1, 0.15) is 36.3 Å². The Bertz CT molecular complexity index is 853. The first-order valence-corrected chi connectivity index (χ1v) is 9.26. The van der Waals surface area contributed by atoms with E-state index in [9.17, 15) is 4.79 Å². The number of carbonyl (C=O) groups excluding carboxylic acids is 1. The van der Waals surface area contributed by atoms with Crippen LogP contribution < -0.4 is 9.80 Å². The first kappa shape index (κ1) is 15.6. The quantitative estimate of drug-likeness (QED) is 0.838. The van der Waals surface area contributed by atoms with Crippen molar-refractivity contribution in [3.05, 3.63) is 30.0 Å². The lowest BCUT2D eigenvalue weighted by molar-refractivity contribution is 0.229. The van der Waals surface area contributed by atoms with E-state index in [1.807, 2.05) is 24.9 Å². The van der Waals surface area contributed by atoms with Crippen molar-refractivity contribution in [1.29, 1.82) is 0 Å².